The zero-order valence-corrected chi connectivity index (χ0v) is 19.7. The molecule has 1 aromatic heterocycles. The fraction of sp³-hybridized carbons (Fsp3) is 0.320. The number of hydrogen-bond acceptors (Lipinski definition) is 6. The minimum Gasteiger partial charge on any atom is -0.493 e. The minimum atomic E-state index is -0.350. The molecule has 0 saturated heterocycles. The molecule has 0 atom stereocenters. The lowest BCUT2D eigenvalue weighted by Crippen LogP contribution is -2.15. The van der Waals surface area contributed by atoms with E-state index in [1.807, 2.05) is 64.1 Å². The minimum absolute atomic E-state index is 0.0808. The molecule has 6 nitrogen and oxygen atoms in total. The number of nitrogens with one attached hydrogen (secondary N) is 1. The summed E-state index contributed by atoms with van der Waals surface area (Å²) in [5.41, 5.74) is 5.67. The van der Waals surface area contributed by atoms with Crippen LogP contribution in [0.5, 0.6) is 5.75 Å². The van der Waals surface area contributed by atoms with Gasteiger partial charge in [-0.2, -0.15) is 0 Å². The van der Waals surface area contributed by atoms with E-state index in [0.29, 0.717) is 10.7 Å². The molecule has 3 aromatic rings. The lowest BCUT2D eigenvalue weighted by molar-refractivity contribution is -0.145. The first-order valence-electron chi connectivity index (χ1n) is 10.5. The summed E-state index contributed by atoms with van der Waals surface area (Å²) in [5, 5.41) is 5.42. The summed E-state index contributed by atoms with van der Waals surface area (Å²) in [7, 11) is 0. The van der Waals surface area contributed by atoms with Crippen molar-refractivity contribution in [3.05, 3.63) is 74.7 Å². The predicted octanol–water partition coefficient (Wildman–Crippen LogP) is 5.07. The number of aryl methyl sites for hydroxylation is 4. The number of carbonyl (C=O) groups excluding carboxylic acids is 2. The fourth-order valence-electron chi connectivity index (χ4n) is 3.03. The van der Waals surface area contributed by atoms with Crippen molar-refractivity contribution in [3.8, 4) is 5.75 Å². The van der Waals surface area contributed by atoms with Gasteiger partial charge in [-0.05, 0) is 62.1 Å². The number of rotatable bonds is 9. The Morgan fingerprint density at radius 3 is 2.50 bits per heavy atom. The molecular weight excluding hydrogens is 424 g/mol. The van der Waals surface area contributed by atoms with Gasteiger partial charge >= 0.3 is 5.97 Å². The summed E-state index contributed by atoms with van der Waals surface area (Å²) in [6, 6.07) is 11.9. The van der Waals surface area contributed by atoms with Gasteiger partial charge in [-0.1, -0.05) is 24.3 Å². The Morgan fingerprint density at radius 2 is 1.72 bits per heavy atom. The highest BCUT2D eigenvalue weighted by Crippen LogP contribution is 2.20. The number of amides is 1. The topological polar surface area (TPSA) is 77.5 Å². The van der Waals surface area contributed by atoms with Crippen LogP contribution in [0.15, 0.2) is 41.8 Å². The summed E-state index contributed by atoms with van der Waals surface area (Å²) < 4.78 is 11.0. The summed E-state index contributed by atoms with van der Waals surface area (Å²) in [6.07, 6.45) is 0.332. The molecule has 0 bridgehead atoms. The van der Waals surface area contributed by atoms with Crippen molar-refractivity contribution in [1.29, 1.82) is 0 Å². The molecular formula is C25H28N2O4S. The Hall–Kier alpha value is -3.19. The van der Waals surface area contributed by atoms with Crippen LogP contribution in [-0.2, 0) is 27.4 Å². The van der Waals surface area contributed by atoms with E-state index < -0.39 is 0 Å². The number of anilines is 1. The van der Waals surface area contributed by atoms with Crippen molar-refractivity contribution in [1.82, 2.24) is 4.98 Å². The maximum atomic E-state index is 12.4. The SMILES string of the molecule is Cc1ccc(C)c(NC(=O)Cc2nc(COC(=O)CCOc3cc(C)ccc3C)cs2)c1. The monoisotopic (exact) mass is 452 g/mol. The number of aromatic nitrogens is 1. The van der Waals surface area contributed by atoms with E-state index in [-0.39, 0.29) is 37.9 Å². The highest BCUT2D eigenvalue weighted by Gasteiger charge is 2.12. The van der Waals surface area contributed by atoms with Crippen LogP contribution in [0.1, 0.15) is 39.4 Å². The Bertz CT molecular complexity index is 1110. The average molecular weight is 453 g/mol. The number of nitrogens with zero attached hydrogens (tertiary/aromatic N) is 1. The second-order valence-corrected chi connectivity index (χ2v) is 8.75. The zero-order chi connectivity index (χ0) is 23.1. The third-order valence-electron chi connectivity index (χ3n) is 4.87. The first kappa shape index (κ1) is 23.5. The van der Waals surface area contributed by atoms with Gasteiger partial charge in [0.25, 0.3) is 0 Å². The second kappa shape index (κ2) is 10.9. The van der Waals surface area contributed by atoms with Crippen LogP contribution in [0.4, 0.5) is 5.69 Å². The van der Waals surface area contributed by atoms with Crippen LogP contribution < -0.4 is 10.1 Å². The highest BCUT2D eigenvalue weighted by molar-refractivity contribution is 7.09. The molecule has 0 aliphatic rings. The predicted molar refractivity (Wildman–Crippen MR) is 126 cm³/mol. The molecule has 0 aliphatic heterocycles. The second-order valence-electron chi connectivity index (χ2n) is 7.80. The molecule has 0 saturated carbocycles. The molecule has 2 aromatic carbocycles. The summed E-state index contributed by atoms with van der Waals surface area (Å²) in [6.45, 7) is 8.24. The van der Waals surface area contributed by atoms with Crippen LogP contribution in [-0.4, -0.2) is 23.5 Å². The maximum Gasteiger partial charge on any atom is 0.309 e. The number of thiazole rings is 1. The Morgan fingerprint density at radius 1 is 1.00 bits per heavy atom. The van der Waals surface area contributed by atoms with Crippen LogP contribution in [0.2, 0.25) is 0 Å². The molecule has 1 amide bonds. The number of hydrogen-bond donors (Lipinski definition) is 1. The van der Waals surface area contributed by atoms with E-state index in [1.165, 1.54) is 11.3 Å². The van der Waals surface area contributed by atoms with E-state index in [2.05, 4.69) is 10.3 Å². The molecule has 0 unspecified atom stereocenters. The van der Waals surface area contributed by atoms with E-state index in [0.717, 1.165) is 33.7 Å². The zero-order valence-electron chi connectivity index (χ0n) is 18.9. The fourth-order valence-corrected chi connectivity index (χ4v) is 3.81. The molecule has 1 N–H and O–H groups in total. The van der Waals surface area contributed by atoms with E-state index in [1.54, 1.807) is 5.38 Å². The van der Waals surface area contributed by atoms with Crippen LogP contribution in [0.3, 0.4) is 0 Å². The van der Waals surface area contributed by atoms with Crippen LogP contribution >= 0.6 is 11.3 Å². The largest absolute Gasteiger partial charge is 0.493 e. The molecule has 0 radical (unpaired) electrons. The number of carbonyl (C=O) groups is 2. The molecule has 0 aliphatic carbocycles. The molecule has 0 spiro atoms. The summed E-state index contributed by atoms with van der Waals surface area (Å²) in [4.78, 5) is 28.8. The summed E-state index contributed by atoms with van der Waals surface area (Å²) in [5.74, 6) is 0.304. The van der Waals surface area contributed by atoms with Crippen molar-refractivity contribution in [2.45, 2.75) is 47.1 Å². The molecule has 3 rings (SSSR count). The maximum absolute atomic E-state index is 12.4. The third-order valence-corrected chi connectivity index (χ3v) is 5.76. The van der Waals surface area contributed by atoms with Gasteiger partial charge in [0, 0.05) is 11.1 Å². The molecule has 7 heteroatoms. The van der Waals surface area contributed by atoms with E-state index >= 15 is 0 Å². The van der Waals surface area contributed by atoms with Gasteiger partial charge < -0.3 is 14.8 Å². The Balaban J connectivity index is 1.41. The van der Waals surface area contributed by atoms with E-state index in [4.69, 9.17) is 9.47 Å². The van der Waals surface area contributed by atoms with Gasteiger partial charge in [0.05, 0.1) is 25.1 Å². The van der Waals surface area contributed by atoms with Gasteiger partial charge in [0.15, 0.2) is 0 Å². The Labute approximate surface area is 192 Å². The van der Waals surface area contributed by atoms with Gasteiger partial charge in [-0.15, -0.1) is 11.3 Å². The summed E-state index contributed by atoms with van der Waals surface area (Å²) >= 11 is 1.38. The number of ether oxygens (including phenoxy) is 2. The normalized spacial score (nSPS) is 10.6. The standard InChI is InChI=1S/C25H28N2O4S/c1-16-5-7-18(3)21(11-16)27-23(28)13-24-26-20(15-32-24)14-31-25(29)9-10-30-22-12-17(2)6-8-19(22)4/h5-8,11-12,15H,9-10,13-14H2,1-4H3,(H,27,28). The highest BCUT2D eigenvalue weighted by atomic mass is 32.1. The van der Waals surface area contributed by atoms with Crippen LogP contribution in [0, 0.1) is 27.7 Å². The van der Waals surface area contributed by atoms with Gasteiger partial charge in [0.1, 0.15) is 17.4 Å². The lowest BCUT2D eigenvalue weighted by Gasteiger charge is -2.09. The quantitative estimate of drug-likeness (QED) is 0.459. The van der Waals surface area contributed by atoms with Crippen molar-refractivity contribution < 1.29 is 19.1 Å². The average Bonchev–Trinajstić information content (AvgIpc) is 3.19. The first-order valence-corrected chi connectivity index (χ1v) is 11.3. The van der Waals surface area contributed by atoms with E-state index in [9.17, 15) is 9.59 Å². The lowest BCUT2D eigenvalue weighted by atomic mass is 10.1. The molecule has 168 valence electrons. The third kappa shape index (κ3) is 6.92. The van der Waals surface area contributed by atoms with Crippen molar-refractivity contribution in [2.24, 2.45) is 0 Å². The molecule has 1 heterocycles. The number of esters is 1. The number of benzene rings is 2. The molecule has 0 fully saturated rings. The Kier molecular flexibility index (Phi) is 8.00. The van der Waals surface area contributed by atoms with Crippen molar-refractivity contribution >= 4 is 28.9 Å². The molecule has 32 heavy (non-hydrogen) atoms. The van der Waals surface area contributed by atoms with Crippen LogP contribution in [0.25, 0.3) is 0 Å². The smallest absolute Gasteiger partial charge is 0.309 e. The first-order chi connectivity index (χ1) is 15.3. The van der Waals surface area contributed by atoms with Gasteiger partial charge in [0.2, 0.25) is 5.91 Å². The van der Waals surface area contributed by atoms with Crippen molar-refractivity contribution in [3.63, 3.8) is 0 Å². The van der Waals surface area contributed by atoms with Crippen molar-refractivity contribution in [2.75, 3.05) is 11.9 Å². The van der Waals surface area contributed by atoms with Gasteiger partial charge in [-0.25, -0.2) is 4.98 Å². The van der Waals surface area contributed by atoms with Gasteiger partial charge in [-0.3, -0.25) is 9.59 Å².